The number of carbonyl (C=O) groups is 1. The summed E-state index contributed by atoms with van der Waals surface area (Å²) in [6.07, 6.45) is 2.10. The first-order chi connectivity index (χ1) is 8.04. The molecule has 94 valence electrons. The minimum Gasteiger partial charge on any atom is -0.327 e. The minimum absolute atomic E-state index is 0.0490. The molecule has 0 aliphatic rings. The number of rotatable bonds is 6. The smallest absolute Gasteiger partial charge is 0.145 e. The quantitative estimate of drug-likeness (QED) is 0.851. The number of hydrogen-bond donors (Lipinski definition) is 1. The van der Waals surface area contributed by atoms with Crippen molar-refractivity contribution >= 4 is 17.4 Å². The zero-order valence-electron chi connectivity index (χ0n) is 9.88. The molecule has 0 radical (unpaired) electrons. The lowest BCUT2D eigenvalue weighted by Gasteiger charge is -2.09. The molecule has 0 spiro atoms. The Bertz CT molecular complexity index is 395. The van der Waals surface area contributed by atoms with E-state index in [2.05, 4.69) is 0 Å². The maximum absolute atomic E-state index is 13.5. The predicted octanol–water partition coefficient (Wildman–Crippen LogP) is 3.11. The summed E-state index contributed by atoms with van der Waals surface area (Å²) >= 11 is 5.64. The summed E-state index contributed by atoms with van der Waals surface area (Å²) in [5.74, 6) is -0.557. The van der Waals surface area contributed by atoms with Gasteiger partial charge >= 0.3 is 0 Å². The van der Waals surface area contributed by atoms with Gasteiger partial charge in [-0.15, -0.1) is 0 Å². The van der Waals surface area contributed by atoms with Crippen molar-refractivity contribution in [3.63, 3.8) is 0 Å². The highest BCUT2D eigenvalue weighted by Crippen LogP contribution is 2.18. The number of nitrogens with two attached hydrogens (primary N) is 1. The van der Waals surface area contributed by atoms with Crippen LogP contribution in [0.4, 0.5) is 4.39 Å². The highest BCUT2D eigenvalue weighted by molar-refractivity contribution is 6.30. The predicted molar refractivity (Wildman–Crippen MR) is 67.6 cm³/mol. The van der Waals surface area contributed by atoms with Crippen LogP contribution in [0.5, 0.6) is 0 Å². The van der Waals surface area contributed by atoms with Crippen molar-refractivity contribution in [1.82, 2.24) is 0 Å². The molecule has 1 unspecified atom stereocenters. The number of carbonyl (C=O) groups excluding carboxylic acids is 1. The Morgan fingerprint density at radius 2 is 2.24 bits per heavy atom. The van der Waals surface area contributed by atoms with Gasteiger partial charge in [-0.3, -0.25) is 4.79 Å². The summed E-state index contributed by atoms with van der Waals surface area (Å²) < 4.78 is 13.5. The average Bonchev–Trinajstić information content (AvgIpc) is 2.25. The molecule has 0 amide bonds. The fourth-order valence-electron chi connectivity index (χ4n) is 1.73. The van der Waals surface area contributed by atoms with Gasteiger partial charge in [0.15, 0.2) is 0 Å². The second kappa shape index (κ2) is 6.72. The van der Waals surface area contributed by atoms with Gasteiger partial charge in [0.05, 0.1) is 5.02 Å². The molecular weight excluding hydrogens is 241 g/mol. The maximum atomic E-state index is 13.5. The van der Waals surface area contributed by atoms with Gasteiger partial charge in [0.25, 0.3) is 0 Å². The lowest BCUT2D eigenvalue weighted by molar-refractivity contribution is -0.118. The molecule has 1 aromatic carbocycles. The molecule has 0 fully saturated rings. The second-order valence-corrected chi connectivity index (χ2v) is 4.59. The van der Waals surface area contributed by atoms with Crippen LogP contribution in [-0.4, -0.2) is 11.8 Å². The Balaban J connectivity index is 2.59. The van der Waals surface area contributed by atoms with Crippen LogP contribution in [0, 0.1) is 5.82 Å². The van der Waals surface area contributed by atoms with Gasteiger partial charge in [-0.2, -0.15) is 0 Å². The molecular formula is C13H17ClFNO. The fraction of sp³-hybridized carbons (Fsp3) is 0.462. The van der Waals surface area contributed by atoms with Gasteiger partial charge < -0.3 is 5.73 Å². The van der Waals surface area contributed by atoms with E-state index in [1.165, 1.54) is 6.07 Å². The number of benzene rings is 1. The van der Waals surface area contributed by atoms with Crippen molar-refractivity contribution in [3.8, 4) is 0 Å². The SMILES string of the molecule is CCCC(N)CC(=O)Cc1cccc(Cl)c1F. The molecule has 1 atom stereocenters. The first kappa shape index (κ1) is 14.1. The normalized spacial score (nSPS) is 12.5. The van der Waals surface area contributed by atoms with Crippen LogP contribution in [0.1, 0.15) is 31.7 Å². The van der Waals surface area contributed by atoms with Gasteiger partial charge in [0.1, 0.15) is 11.6 Å². The zero-order chi connectivity index (χ0) is 12.8. The lowest BCUT2D eigenvalue weighted by Crippen LogP contribution is -2.24. The van der Waals surface area contributed by atoms with Crippen LogP contribution in [0.15, 0.2) is 18.2 Å². The molecule has 0 bridgehead atoms. The van der Waals surface area contributed by atoms with Crippen LogP contribution in [0.25, 0.3) is 0 Å². The molecule has 17 heavy (non-hydrogen) atoms. The van der Waals surface area contributed by atoms with Crippen molar-refractivity contribution in [2.45, 2.75) is 38.6 Å². The van der Waals surface area contributed by atoms with E-state index in [0.717, 1.165) is 12.8 Å². The van der Waals surface area contributed by atoms with Crippen LogP contribution < -0.4 is 5.73 Å². The molecule has 0 saturated heterocycles. The van der Waals surface area contributed by atoms with Gasteiger partial charge in [-0.05, 0) is 18.1 Å². The van der Waals surface area contributed by atoms with E-state index in [1.807, 2.05) is 6.92 Å². The molecule has 0 heterocycles. The van der Waals surface area contributed by atoms with Crippen molar-refractivity contribution < 1.29 is 9.18 Å². The Morgan fingerprint density at radius 1 is 1.53 bits per heavy atom. The minimum atomic E-state index is -0.508. The van der Waals surface area contributed by atoms with E-state index in [-0.39, 0.29) is 23.3 Å². The standard InChI is InChI=1S/C13H17ClFNO/c1-2-4-10(16)8-11(17)7-9-5-3-6-12(14)13(9)15/h3,5-6,10H,2,4,7-8,16H2,1H3. The monoisotopic (exact) mass is 257 g/mol. The largest absolute Gasteiger partial charge is 0.327 e. The van der Waals surface area contributed by atoms with Crippen LogP contribution in [0.3, 0.4) is 0 Å². The highest BCUT2D eigenvalue weighted by atomic mass is 35.5. The average molecular weight is 258 g/mol. The van der Waals surface area contributed by atoms with E-state index >= 15 is 0 Å². The van der Waals surface area contributed by atoms with E-state index in [0.29, 0.717) is 12.0 Å². The van der Waals surface area contributed by atoms with Gasteiger partial charge in [-0.1, -0.05) is 37.1 Å². The van der Waals surface area contributed by atoms with E-state index in [4.69, 9.17) is 17.3 Å². The van der Waals surface area contributed by atoms with Crippen molar-refractivity contribution in [3.05, 3.63) is 34.6 Å². The number of hydrogen-bond acceptors (Lipinski definition) is 2. The van der Waals surface area contributed by atoms with E-state index < -0.39 is 5.82 Å². The second-order valence-electron chi connectivity index (χ2n) is 4.18. The van der Waals surface area contributed by atoms with Crippen LogP contribution in [-0.2, 0) is 11.2 Å². The number of ketones is 1. The molecule has 0 aliphatic heterocycles. The summed E-state index contributed by atoms with van der Waals surface area (Å²) in [7, 11) is 0. The van der Waals surface area contributed by atoms with Crippen molar-refractivity contribution in [2.24, 2.45) is 5.73 Å². The fourth-order valence-corrected chi connectivity index (χ4v) is 1.93. The molecule has 0 aliphatic carbocycles. The van der Waals surface area contributed by atoms with Gasteiger partial charge in [0, 0.05) is 18.9 Å². The maximum Gasteiger partial charge on any atom is 0.145 e. The Kier molecular flexibility index (Phi) is 5.59. The Labute approximate surface area is 106 Å². The van der Waals surface area contributed by atoms with Crippen LogP contribution >= 0.6 is 11.6 Å². The summed E-state index contributed by atoms with van der Waals surface area (Å²) in [6, 6.07) is 4.55. The van der Waals surface area contributed by atoms with Crippen molar-refractivity contribution in [2.75, 3.05) is 0 Å². The molecule has 1 rings (SSSR count). The van der Waals surface area contributed by atoms with Gasteiger partial charge in [-0.25, -0.2) is 4.39 Å². The molecule has 0 saturated carbocycles. The molecule has 2 N–H and O–H groups in total. The first-order valence-corrected chi connectivity index (χ1v) is 6.12. The van der Waals surface area contributed by atoms with E-state index in [9.17, 15) is 9.18 Å². The molecule has 1 aromatic rings. The topological polar surface area (TPSA) is 43.1 Å². The third-order valence-corrected chi connectivity index (χ3v) is 2.86. The summed E-state index contributed by atoms with van der Waals surface area (Å²) in [6.45, 7) is 2.01. The Hall–Kier alpha value is -0.930. The third kappa shape index (κ3) is 4.44. The van der Waals surface area contributed by atoms with Crippen LogP contribution in [0.2, 0.25) is 5.02 Å². The molecule has 2 nitrogen and oxygen atoms in total. The Morgan fingerprint density at radius 3 is 2.88 bits per heavy atom. The highest BCUT2D eigenvalue weighted by Gasteiger charge is 2.13. The summed E-state index contributed by atoms with van der Waals surface area (Å²) in [4.78, 5) is 11.7. The summed E-state index contributed by atoms with van der Waals surface area (Å²) in [5.41, 5.74) is 6.11. The summed E-state index contributed by atoms with van der Waals surface area (Å²) in [5, 5.41) is 0.0492. The molecule has 0 aromatic heterocycles. The van der Waals surface area contributed by atoms with Gasteiger partial charge in [0.2, 0.25) is 0 Å². The first-order valence-electron chi connectivity index (χ1n) is 5.74. The number of Topliss-reactive ketones (excluding diaryl/α,β-unsaturated/α-hetero) is 1. The molecule has 4 heteroatoms. The number of halogens is 2. The van der Waals surface area contributed by atoms with Crippen molar-refractivity contribution in [1.29, 1.82) is 0 Å². The van der Waals surface area contributed by atoms with E-state index in [1.54, 1.807) is 12.1 Å². The third-order valence-electron chi connectivity index (χ3n) is 2.57. The zero-order valence-corrected chi connectivity index (χ0v) is 10.6. The lowest BCUT2D eigenvalue weighted by atomic mass is 10.0.